The van der Waals surface area contributed by atoms with Crippen LogP contribution in [0.1, 0.15) is 44.9 Å². The van der Waals surface area contributed by atoms with E-state index in [1.54, 1.807) is 0 Å². The molecule has 0 bridgehead atoms. The Kier molecular flexibility index (Phi) is 5.79. The molecule has 2 aliphatic rings. The lowest BCUT2D eigenvalue weighted by Crippen LogP contribution is -2.22. The molecule has 2 aliphatic heterocycles. The van der Waals surface area contributed by atoms with Crippen molar-refractivity contribution < 1.29 is 9.47 Å². The molecule has 4 nitrogen and oxygen atoms in total. The van der Waals surface area contributed by atoms with Crippen molar-refractivity contribution in [1.29, 1.82) is 0 Å². The summed E-state index contributed by atoms with van der Waals surface area (Å²) in [7, 11) is 0. The third-order valence-electron chi connectivity index (χ3n) is 3.30. The van der Waals surface area contributed by atoms with Crippen molar-refractivity contribution in [3.05, 3.63) is 0 Å². The molecule has 2 rings (SSSR count). The fourth-order valence-corrected chi connectivity index (χ4v) is 2.33. The second-order valence-corrected chi connectivity index (χ2v) is 4.74. The van der Waals surface area contributed by atoms with E-state index in [0.29, 0.717) is 6.23 Å². The Morgan fingerprint density at radius 1 is 1.12 bits per heavy atom. The number of hydrogen-bond donors (Lipinski definition) is 1. The van der Waals surface area contributed by atoms with Crippen LogP contribution in [0.2, 0.25) is 0 Å². The van der Waals surface area contributed by atoms with E-state index >= 15 is 0 Å². The Balaban J connectivity index is 1.36. The predicted molar refractivity (Wildman–Crippen MR) is 68.3 cm³/mol. The average Bonchev–Trinajstić information content (AvgIpc) is 3.00. The van der Waals surface area contributed by atoms with Gasteiger partial charge in [0.15, 0.2) is 5.90 Å². The SMILES string of the molecule is C(CCCC1=NCCO1)CCCC1NCCO1. The monoisotopic (exact) mass is 240 g/mol. The molecule has 1 saturated heterocycles. The maximum atomic E-state index is 5.50. The molecule has 0 aromatic rings. The first-order valence-electron chi connectivity index (χ1n) is 6.96. The van der Waals surface area contributed by atoms with Gasteiger partial charge in [-0.05, 0) is 19.3 Å². The van der Waals surface area contributed by atoms with Gasteiger partial charge >= 0.3 is 0 Å². The van der Waals surface area contributed by atoms with Crippen molar-refractivity contribution >= 4 is 5.90 Å². The summed E-state index contributed by atoms with van der Waals surface area (Å²) in [6.45, 7) is 3.56. The molecule has 2 heterocycles. The molecule has 0 aliphatic carbocycles. The lowest BCUT2D eigenvalue weighted by Gasteiger charge is -2.08. The molecule has 4 heteroatoms. The molecule has 0 saturated carbocycles. The first kappa shape index (κ1) is 12.8. The van der Waals surface area contributed by atoms with E-state index < -0.39 is 0 Å². The van der Waals surface area contributed by atoms with E-state index in [1.165, 1.54) is 32.1 Å². The van der Waals surface area contributed by atoms with E-state index in [0.717, 1.165) is 45.0 Å². The Labute approximate surface area is 104 Å². The molecular weight excluding hydrogens is 216 g/mol. The molecular formula is C13H24N2O2. The molecule has 0 aromatic heterocycles. The maximum absolute atomic E-state index is 5.50. The van der Waals surface area contributed by atoms with Crippen LogP contribution in [0.15, 0.2) is 4.99 Å². The molecule has 0 radical (unpaired) electrons. The van der Waals surface area contributed by atoms with Gasteiger partial charge in [0.1, 0.15) is 12.8 Å². The third kappa shape index (κ3) is 5.04. The van der Waals surface area contributed by atoms with E-state index in [9.17, 15) is 0 Å². The van der Waals surface area contributed by atoms with Crippen LogP contribution in [0, 0.1) is 0 Å². The van der Waals surface area contributed by atoms with Gasteiger partial charge in [-0.2, -0.15) is 0 Å². The number of aliphatic imine (C=N–C) groups is 1. The number of hydrogen-bond acceptors (Lipinski definition) is 4. The van der Waals surface area contributed by atoms with Crippen molar-refractivity contribution in [3.8, 4) is 0 Å². The Morgan fingerprint density at radius 3 is 2.76 bits per heavy atom. The quantitative estimate of drug-likeness (QED) is 0.661. The van der Waals surface area contributed by atoms with Gasteiger partial charge in [0.05, 0.1) is 13.2 Å². The third-order valence-corrected chi connectivity index (χ3v) is 3.30. The highest BCUT2D eigenvalue weighted by Gasteiger charge is 2.12. The van der Waals surface area contributed by atoms with Gasteiger partial charge in [-0.1, -0.05) is 19.3 Å². The predicted octanol–water partition coefficient (Wildman–Crippen LogP) is 2.09. The molecule has 0 spiro atoms. The van der Waals surface area contributed by atoms with Gasteiger partial charge in [-0.25, -0.2) is 0 Å². The number of ether oxygens (including phenoxy) is 2. The van der Waals surface area contributed by atoms with Gasteiger partial charge in [-0.3, -0.25) is 10.3 Å². The van der Waals surface area contributed by atoms with Gasteiger partial charge in [-0.15, -0.1) is 0 Å². The van der Waals surface area contributed by atoms with Crippen molar-refractivity contribution in [1.82, 2.24) is 5.32 Å². The fraction of sp³-hybridized carbons (Fsp3) is 0.923. The Morgan fingerprint density at radius 2 is 2.00 bits per heavy atom. The van der Waals surface area contributed by atoms with Crippen molar-refractivity contribution in [2.75, 3.05) is 26.3 Å². The van der Waals surface area contributed by atoms with Crippen molar-refractivity contribution in [2.24, 2.45) is 4.99 Å². The zero-order chi connectivity index (χ0) is 11.8. The van der Waals surface area contributed by atoms with Gasteiger partial charge in [0.2, 0.25) is 0 Å². The topological polar surface area (TPSA) is 42.8 Å². The maximum Gasteiger partial charge on any atom is 0.183 e. The van der Waals surface area contributed by atoms with E-state index in [4.69, 9.17) is 9.47 Å². The van der Waals surface area contributed by atoms with Gasteiger partial charge < -0.3 is 9.47 Å². The summed E-state index contributed by atoms with van der Waals surface area (Å²) < 4.78 is 10.9. The van der Waals surface area contributed by atoms with Crippen LogP contribution < -0.4 is 5.32 Å². The van der Waals surface area contributed by atoms with Gasteiger partial charge in [0, 0.05) is 13.0 Å². The molecule has 1 unspecified atom stereocenters. The molecule has 1 atom stereocenters. The van der Waals surface area contributed by atoms with Crippen LogP contribution in [0.4, 0.5) is 0 Å². The highest BCUT2D eigenvalue weighted by Crippen LogP contribution is 2.12. The normalized spacial score (nSPS) is 23.8. The largest absolute Gasteiger partial charge is 0.479 e. The second kappa shape index (κ2) is 7.67. The molecule has 1 N–H and O–H groups in total. The van der Waals surface area contributed by atoms with Crippen LogP contribution in [0.3, 0.4) is 0 Å². The van der Waals surface area contributed by atoms with E-state index in [1.807, 2.05) is 0 Å². The number of rotatable bonds is 8. The number of unbranched alkanes of at least 4 members (excludes halogenated alkanes) is 4. The zero-order valence-electron chi connectivity index (χ0n) is 10.6. The summed E-state index contributed by atoms with van der Waals surface area (Å²) in [5, 5.41) is 3.34. The lowest BCUT2D eigenvalue weighted by atomic mass is 10.1. The van der Waals surface area contributed by atoms with Crippen LogP contribution in [0.5, 0.6) is 0 Å². The summed E-state index contributed by atoms with van der Waals surface area (Å²) in [6.07, 6.45) is 8.95. The smallest absolute Gasteiger partial charge is 0.183 e. The minimum absolute atomic E-state index is 0.330. The van der Waals surface area contributed by atoms with Crippen LogP contribution in [-0.2, 0) is 9.47 Å². The van der Waals surface area contributed by atoms with E-state index in [2.05, 4.69) is 10.3 Å². The molecule has 0 amide bonds. The summed E-state index contributed by atoms with van der Waals surface area (Å²) in [5.74, 6) is 0.980. The average molecular weight is 240 g/mol. The Bertz CT molecular complexity index is 238. The zero-order valence-corrected chi connectivity index (χ0v) is 10.6. The van der Waals surface area contributed by atoms with Crippen LogP contribution in [0.25, 0.3) is 0 Å². The van der Waals surface area contributed by atoms with Crippen LogP contribution >= 0.6 is 0 Å². The molecule has 98 valence electrons. The summed E-state index contributed by atoms with van der Waals surface area (Å²) in [4.78, 5) is 4.29. The van der Waals surface area contributed by atoms with E-state index in [-0.39, 0.29) is 0 Å². The highest BCUT2D eigenvalue weighted by atomic mass is 16.5. The summed E-state index contributed by atoms with van der Waals surface area (Å²) >= 11 is 0. The molecule has 1 fully saturated rings. The first-order chi connectivity index (χ1) is 8.45. The lowest BCUT2D eigenvalue weighted by molar-refractivity contribution is 0.0919. The van der Waals surface area contributed by atoms with Crippen LogP contribution in [-0.4, -0.2) is 38.4 Å². The highest BCUT2D eigenvalue weighted by molar-refractivity contribution is 5.77. The van der Waals surface area contributed by atoms with Crippen molar-refractivity contribution in [3.63, 3.8) is 0 Å². The first-order valence-corrected chi connectivity index (χ1v) is 6.96. The number of nitrogens with zero attached hydrogens (tertiary/aromatic N) is 1. The molecule has 17 heavy (non-hydrogen) atoms. The standard InChI is InChI=1S/C13H24N2O2/c1(2-4-6-12-14-8-10-16-12)3-5-7-13-15-9-11-17-13/h12,14H,1-11H2. The Hall–Kier alpha value is -0.610. The molecule has 0 aromatic carbocycles. The fourth-order valence-electron chi connectivity index (χ4n) is 2.33. The second-order valence-electron chi connectivity index (χ2n) is 4.74. The minimum atomic E-state index is 0.330. The summed E-state index contributed by atoms with van der Waals surface area (Å²) in [5.41, 5.74) is 0. The minimum Gasteiger partial charge on any atom is -0.479 e. The number of nitrogens with one attached hydrogen (secondary N) is 1. The van der Waals surface area contributed by atoms with Crippen molar-refractivity contribution in [2.45, 2.75) is 51.2 Å². The summed E-state index contributed by atoms with van der Waals surface area (Å²) in [6, 6.07) is 0. The van der Waals surface area contributed by atoms with Gasteiger partial charge in [0.25, 0.3) is 0 Å².